The van der Waals surface area contributed by atoms with E-state index in [1.54, 1.807) is 4.90 Å². The van der Waals surface area contributed by atoms with Crippen LogP contribution in [0.5, 0.6) is 0 Å². The molecule has 0 aliphatic carbocycles. The molecule has 0 aromatic heterocycles. The van der Waals surface area contributed by atoms with Crippen molar-refractivity contribution in [2.45, 2.75) is 38.7 Å². The molecule has 0 aromatic carbocycles. The van der Waals surface area contributed by atoms with Crippen LogP contribution in [0.4, 0.5) is 8.78 Å². The van der Waals surface area contributed by atoms with E-state index < -0.39 is 13.0 Å². The predicted octanol–water partition coefficient (Wildman–Crippen LogP) is 1.24. The first-order valence-corrected chi connectivity index (χ1v) is 6.40. The summed E-state index contributed by atoms with van der Waals surface area (Å²) < 4.78 is 28.3. The number of amides is 1. The lowest BCUT2D eigenvalue weighted by molar-refractivity contribution is -0.134. The number of hydrogen-bond acceptors (Lipinski definition) is 3. The molecule has 0 spiro atoms. The normalized spacial score (nSPS) is 22.3. The Bertz CT molecular complexity index is 262. The van der Waals surface area contributed by atoms with Crippen LogP contribution in [0.25, 0.3) is 0 Å². The van der Waals surface area contributed by atoms with E-state index in [0.29, 0.717) is 12.5 Å². The van der Waals surface area contributed by atoms with Gasteiger partial charge in [0.15, 0.2) is 0 Å². The summed E-state index contributed by atoms with van der Waals surface area (Å²) in [6.45, 7) is 2.81. The van der Waals surface area contributed by atoms with Crippen LogP contribution in [0.1, 0.15) is 26.2 Å². The minimum absolute atomic E-state index is 0.0328. The molecule has 2 atom stereocenters. The van der Waals surface area contributed by atoms with Crippen LogP contribution in [-0.4, -0.2) is 49.6 Å². The summed E-state index contributed by atoms with van der Waals surface area (Å²) in [7, 11) is 0. The Morgan fingerprint density at radius 3 is 2.89 bits per heavy atom. The minimum atomic E-state index is -2.47. The Labute approximate surface area is 106 Å². The number of nitrogens with zero attached hydrogens (tertiary/aromatic N) is 1. The highest BCUT2D eigenvalue weighted by atomic mass is 19.3. The first-order chi connectivity index (χ1) is 8.50. The van der Waals surface area contributed by atoms with Gasteiger partial charge in [0.25, 0.3) is 6.43 Å². The van der Waals surface area contributed by atoms with E-state index in [0.717, 1.165) is 19.4 Å². The maximum Gasteiger partial charge on any atom is 0.261 e. The summed E-state index contributed by atoms with van der Waals surface area (Å²) in [6.07, 6.45) is -0.310. The van der Waals surface area contributed by atoms with Gasteiger partial charge in [-0.05, 0) is 25.7 Å². The molecule has 2 N–H and O–H groups in total. The smallest absolute Gasteiger partial charge is 0.261 e. The SMILES string of the molecule is CC(N)C1CCCN(C(=O)CCOCC(F)F)C1. The molecule has 1 aliphatic rings. The lowest BCUT2D eigenvalue weighted by Crippen LogP contribution is -2.45. The number of hydrogen-bond donors (Lipinski definition) is 1. The van der Waals surface area contributed by atoms with Crippen molar-refractivity contribution in [3.8, 4) is 0 Å². The average molecular weight is 264 g/mol. The van der Waals surface area contributed by atoms with Gasteiger partial charge in [0.05, 0.1) is 13.0 Å². The Hall–Kier alpha value is -0.750. The standard InChI is InChI=1S/C12H22F2N2O2/c1-9(15)10-3-2-5-16(7-10)12(17)4-6-18-8-11(13)14/h9-11H,2-8,15H2,1H3. The van der Waals surface area contributed by atoms with Gasteiger partial charge in [-0.2, -0.15) is 0 Å². The Kier molecular flexibility index (Phi) is 6.49. The molecule has 0 radical (unpaired) electrons. The van der Waals surface area contributed by atoms with E-state index in [2.05, 4.69) is 0 Å². The second-order valence-electron chi connectivity index (χ2n) is 4.82. The van der Waals surface area contributed by atoms with Gasteiger partial charge in [0.2, 0.25) is 5.91 Å². The monoisotopic (exact) mass is 264 g/mol. The third-order valence-corrected chi connectivity index (χ3v) is 3.26. The van der Waals surface area contributed by atoms with Crippen molar-refractivity contribution in [3.05, 3.63) is 0 Å². The van der Waals surface area contributed by atoms with Crippen molar-refractivity contribution in [1.29, 1.82) is 0 Å². The van der Waals surface area contributed by atoms with Crippen LogP contribution in [0, 0.1) is 5.92 Å². The van der Waals surface area contributed by atoms with Crippen LogP contribution >= 0.6 is 0 Å². The number of nitrogens with two attached hydrogens (primary N) is 1. The summed E-state index contributed by atoms with van der Waals surface area (Å²) in [5, 5.41) is 0. The van der Waals surface area contributed by atoms with E-state index in [1.807, 2.05) is 6.92 Å². The quantitative estimate of drug-likeness (QED) is 0.734. The summed E-state index contributed by atoms with van der Waals surface area (Å²) in [4.78, 5) is 13.6. The second kappa shape index (κ2) is 7.63. The largest absolute Gasteiger partial charge is 0.375 e. The molecule has 1 heterocycles. The summed E-state index contributed by atoms with van der Waals surface area (Å²) >= 11 is 0. The van der Waals surface area contributed by atoms with E-state index >= 15 is 0 Å². The molecular formula is C12H22F2N2O2. The number of likely N-dealkylation sites (tertiary alicyclic amines) is 1. The summed E-state index contributed by atoms with van der Waals surface area (Å²) in [5.41, 5.74) is 5.84. The Morgan fingerprint density at radius 1 is 1.56 bits per heavy atom. The predicted molar refractivity (Wildman–Crippen MR) is 64.4 cm³/mol. The van der Waals surface area contributed by atoms with Crippen molar-refractivity contribution in [3.63, 3.8) is 0 Å². The van der Waals surface area contributed by atoms with Crippen molar-refractivity contribution in [1.82, 2.24) is 4.90 Å². The van der Waals surface area contributed by atoms with Crippen LogP contribution < -0.4 is 5.73 Å². The van der Waals surface area contributed by atoms with Crippen LogP contribution in [-0.2, 0) is 9.53 Å². The molecule has 0 aromatic rings. The molecule has 1 rings (SSSR count). The molecule has 106 valence electrons. The molecular weight excluding hydrogens is 242 g/mol. The molecule has 1 fully saturated rings. The lowest BCUT2D eigenvalue weighted by atomic mass is 9.92. The summed E-state index contributed by atoms with van der Waals surface area (Å²) in [6, 6.07) is 0.0793. The number of rotatable bonds is 6. The second-order valence-corrected chi connectivity index (χ2v) is 4.82. The fraction of sp³-hybridized carbons (Fsp3) is 0.917. The fourth-order valence-corrected chi connectivity index (χ4v) is 2.16. The van der Waals surface area contributed by atoms with Crippen LogP contribution in [0.15, 0.2) is 0 Å². The van der Waals surface area contributed by atoms with Gasteiger partial charge in [0.1, 0.15) is 6.61 Å². The third kappa shape index (κ3) is 5.27. The molecule has 18 heavy (non-hydrogen) atoms. The van der Waals surface area contributed by atoms with Crippen molar-refractivity contribution >= 4 is 5.91 Å². The third-order valence-electron chi connectivity index (χ3n) is 3.26. The van der Waals surface area contributed by atoms with Crippen molar-refractivity contribution in [2.75, 3.05) is 26.3 Å². The number of carbonyl (C=O) groups excluding carboxylic acids is 1. The molecule has 1 saturated heterocycles. The molecule has 1 aliphatic heterocycles. The Morgan fingerprint density at radius 2 is 2.28 bits per heavy atom. The number of piperidine rings is 1. The van der Waals surface area contributed by atoms with Crippen LogP contribution in [0.2, 0.25) is 0 Å². The van der Waals surface area contributed by atoms with Gasteiger partial charge in [-0.15, -0.1) is 0 Å². The highest BCUT2D eigenvalue weighted by Gasteiger charge is 2.25. The van der Waals surface area contributed by atoms with Gasteiger partial charge in [-0.1, -0.05) is 0 Å². The number of alkyl halides is 2. The van der Waals surface area contributed by atoms with E-state index in [-0.39, 0.29) is 25.0 Å². The number of halogens is 2. The fourth-order valence-electron chi connectivity index (χ4n) is 2.16. The maximum absolute atomic E-state index is 11.8. The van der Waals surface area contributed by atoms with E-state index in [4.69, 9.17) is 10.5 Å². The summed E-state index contributed by atoms with van der Waals surface area (Å²) in [5.74, 6) is 0.305. The van der Waals surface area contributed by atoms with Gasteiger partial charge in [-0.25, -0.2) is 8.78 Å². The van der Waals surface area contributed by atoms with E-state index in [1.165, 1.54) is 0 Å². The highest BCUT2D eigenvalue weighted by molar-refractivity contribution is 5.76. The van der Waals surface area contributed by atoms with Crippen molar-refractivity contribution in [2.24, 2.45) is 11.7 Å². The Balaban J connectivity index is 2.24. The molecule has 2 unspecified atom stereocenters. The van der Waals surface area contributed by atoms with Crippen LogP contribution in [0.3, 0.4) is 0 Å². The molecule has 1 amide bonds. The molecule has 0 bridgehead atoms. The zero-order chi connectivity index (χ0) is 13.5. The highest BCUT2D eigenvalue weighted by Crippen LogP contribution is 2.19. The molecule has 6 heteroatoms. The first kappa shape index (κ1) is 15.3. The molecule has 4 nitrogen and oxygen atoms in total. The lowest BCUT2D eigenvalue weighted by Gasteiger charge is -2.34. The van der Waals surface area contributed by atoms with Gasteiger partial charge < -0.3 is 15.4 Å². The topological polar surface area (TPSA) is 55.6 Å². The average Bonchev–Trinajstić information content (AvgIpc) is 2.34. The molecule has 0 saturated carbocycles. The van der Waals surface area contributed by atoms with Gasteiger partial charge in [0, 0.05) is 19.1 Å². The van der Waals surface area contributed by atoms with Gasteiger partial charge in [-0.3, -0.25) is 4.79 Å². The number of carbonyl (C=O) groups is 1. The number of ether oxygens (including phenoxy) is 1. The van der Waals surface area contributed by atoms with Crippen molar-refractivity contribution < 1.29 is 18.3 Å². The zero-order valence-electron chi connectivity index (χ0n) is 10.8. The zero-order valence-corrected chi connectivity index (χ0v) is 10.8. The first-order valence-electron chi connectivity index (χ1n) is 6.40. The van der Waals surface area contributed by atoms with E-state index in [9.17, 15) is 13.6 Å². The maximum atomic E-state index is 11.8. The van der Waals surface area contributed by atoms with Gasteiger partial charge >= 0.3 is 0 Å². The minimum Gasteiger partial charge on any atom is -0.375 e.